The normalized spacial score (nSPS) is 10.2. The molecule has 0 fully saturated rings. The first-order chi connectivity index (χ1) is 9.90. The van der Waals surface area contributed by atoms with E-state index in [1.165, 1.54) is 0 Å². The van der Waals surface area contributed by atoms with Crippen molar-refractivity contribution in [2.24, 2.45) is 0 Å². The lowest BCUT2D eigenvalue weighted by atomic mass is 10.1. The number of nitrogens with zero attached hydrogens (tertiary/aromatic N) is 1. The molecule has 21 heavy (non-hydrogen) atoms. The van der Waals surface area contributed by atoms with Gasteiger partial charge in [-0.2, -0.15) is 0 Å². The van der Waals surface area contributed by atoms with E-state index in [1.54, 1.807) is 18.2 Å². The van der Waals surface area contributed by atoms with Gasteiger partial charge in [0.25, 0.3) is 11.6 Å². The summed E-state index contributed by atoms with van der Waals surface area (Å²) in [7, 11) is 0. The lowest BCUT2D eigenvalue weighted by Crippen LogP contribution is -2.15. The molecule has 2 aromatic carbocycles. The Morgan fingerprint density at radius 1 is 1.19 bits per heavy atom. The van der Waals surface area contributed by atoms with Gasteiger partial charge in [-0.1, -0.05) is 6.07 Å². The Morgan fingerprint density at radius 3 is 2.38 bits per heavy atom. The highest BCUT2D eigenvalue weighted by atomic mass is 79.9. The SMILES string of the molecule is O=C(Nc1c(Br)cccc1Br)c1cc(F)ccc1[N+](=O)[O-]. The van der Waals surface area contributed by atoms with Crippen molar-refractivity contribution >= 4 is 49.1 Å². The second-order valence-corrected chi connectivity index (χ2v) is 5.68. The minimum atomic E-state index is -0.770. The first-order valence-electron chi connectivity index (χ1n) is 5.59. The Morgan fingerprint density at radius 2 is 1.81 bits per heavy atom. The van der Waals surface area contributed by atoms with Crippen molar-refractivity contribution in [2.75, 3.05) is 5.32 Å². The molecular weight excluding hydrogens is 411 g/mol. The Labute approximate surface area is 135 Å². The standard InChI is InChI=1S/C13H7Br2FN2O3/c14-9-2-1-3-10(15)12(9)17-13(19)8-6-7(16)4-5-11(8)18(20)21/h1-6H,(H,17,19). The third kappa shape index (κ3) is 3.45. The summed E-state index contributed by atoms with van der Waals surface area (Å²) in [6.07, 6.45) is 0. The molecule has 0 aliphatic carbocycles. The summed E-state index contributed by atoms with van der Waals surface area (Å²) >= 11 is 6.51. The topological polar surface area (TPSA) is 72.2 Å². The number of nitro groups is 1. The van der Waals surface area contributed by atoms with Crippen LogP contribution in [0.3, 0.4) is 0 Å². The van der Waals surface area contributed by atoms with Crippen molar-refractivity contribution in [3.63, 3.8) is 0 Å². The van der Waals surface area contributed by atoms with E-state index < -0.39 is 22.3 Å². The number of nitrogens with one attached hydrogen (secondary N) is 1. The monoisotopic (exact) mass is 416 g/mol. The summed E-state index contributed by atoms with van der Waals surface area (Å²) in [5.41, 5.74) is -0.402. The molecule has 0 radical (unpaired) electrons. The van der Waals surface area contributed by atoms with Crippen molar-refractivity contribution in [2.45, 2.75) is 0 Å². The van der Waals surface area contributed by atoms with Crippen LogP contribution < -0.4 is 5.32 Å². The molecule has 0 aliphatic rings. The fourth-order valence-corrected chi connectivity index (χ4v) is 2.84. The number of halogens is 3. The second kappa shape index (κ2) is 6.31. The molecule has 0 unspecified atom stereocenters. The van der Waals surface area contributed by atoms with E-state index in [1.807, 2.05) is 0 Å². The average Bonchev–Trinajstić information content (AvgIpc) is 2.42. The van der Waals surface area contributed by atoms with E-state index in [9.17, 15) is 19.3 Å². The van der Waals surface area contributed by atoms with Gasteiger partial charge in [0.1, 0.15) is 11.4 Å². The van der Waals surface area contributed by atoms with Crippen molar-refractivity contribution in [1.29, 1.82) is 0 Å². The van der Waals surface area contributed by atoms with Crippen LogP contribution in [-0.4, -0.2) is 10.8 Å². The Kier molecular flexibility index (Phi) is 4.69. The van der Waals surface area contributed by atoms with Gasteiger partial charge in [-0.05, 0) is 56.1 Å². The van der Waals surface area contributed by atoms with Gasteiger partial charge in [-0.25, -0.2) is 4.39 Å². The average molecular weight is 418 g/mol. The van der Waals surface area contributed by atoms with Crippen LogP contribution in [0.5, 0.6) is 0 Å². The number of nitro benzene ring substituents is 1. The van der Waals surface area contributed by atoms with E-state index in [4.69, 9.17) is 0 Å². The van der Waals surface area contributed by atoms with Gasteiger partial charge in [0.05, 0.1) is 10.6 Å². The zero-order valence-electron chi connectivity index (χ0n) is 10.3. The summed E-state index contributed by atoms with van der Waals surface area (Å²) in [6, 6.07) is 7.86. The fraction of sp³-hybridized carbons (Fsp3) is 0. The van der Waals surface area contributed by atoms with Crippen LogP contribution in [0.1, 0.15) is 10.4 Å². The molecule has 0 heterocycles. The molecule has 1 N–H and O–H groups in total. The summed E-state index contributed by atoms with van der Waals surface area (Å²) in [4.78, 5) is 22.3. The molecule has 0 bridgehead atoms. The van der Waals surface area contributed by atoms with E-state index >= 15 is 0 Å². The van der Waals surface area contributed by atoms with E-state index in [0.29, 0.717) is 14.6 Å². The maximum Gasteiger partial charge on any atom is 0.282 e. The van der Waals surface area contributed by atoms with Gasteiger partial charge in [0, 0.05) is 15.0 Å². The Balaban J connectivity index is 2.41. The fourth-order valence-electron chi connectivity index (χ4n) is 1.65. The number of hydrogen-bond donors (Lipinski definition) is 1. The van der Waals surface area contributed by atoms with Crippen LogP contribution in [0.25, 0.3) is 0 Å². The maximum absolute atomic E-state index is 13.2. The molecule has 1 amide bonds. The minimum Gasteiger partial charge on any atom is -0.320 e. The molecular formula is C13H7Br2FN2O3. The second-order valence-electron chi connectivity index (χ2n) is 3.97. The zero-order valence-corrected chi connectivity index (χ0v) is 13.4. The number of rotatable bonds is 3. The van der Waals surface area contributed by atoms with Gasteiger partial charge in [0.2, 0.25) is 0 Å². The lowest BCUT2D eigenvalue weighted by Gasteiger charge is -2.09. The number of para-hydroxylation sites is 1. The number of benzene rings is 2. The van der Waals surface area contributed by atoms with Crippen LogP contribution in [0.2, 0.25) is 0 Å². The van der Waals surface area contributed by atoms with Crippen LogP contribution in [0.4, 0.5) is 15.8 Å². The van der Waals surface area contributed by atoms with Crippen LogP contribution in [-0.2, 0) is 0 Å². The number of hydrogen-bond acceptors (Lipinski definition) is 3. The quantitative estimate of drug-likeness (QED) is 0.589. The van der Waals surface area contributed by atoms with Crippen molar-refractivity contribution < 1.29 is 14.1 Å². The van der Waals surface area contributed by atoms with Crippen molar-refractivity contribution in [1.82, 2.24) is 0 Å². The van der Waals surface area contributed by atoms with Gasteiger partial charge in [-0.15, -0.1) is 0 Å². The summed E-state index contributed by atoms with van der Waals surface area (Å²) in [5, 5.41) is 13.4. The van der Waals surface area contributed by atoms with Crippen LogP contribution in [0.15, 0.2) is 45.3 Å². The lowest BCUT2D eigenvalue weighted by molar-refractivity contribution is -0.385. The maximum atomic E-state index is 13.2. The van der Waals surface area contributed by atoms with Crippen molar-refractivity contribution in [3.8, 4) is 0 Å². The smallest absolute Gasteiger partial charge is 0.282 e. The van der Waals surface area contributed by atoms with E-state index in [-0.39, 0.29) is 5.56 Å². The third-order valence-electron chi connectivity index (χ3n) is 2.60. The predicted molar refractivity (Wildman–Crippen MR) is 82.8 cm³/mol. The van der Waals surface area contributed by atoms with Crippen LogP contribution in [0, 0.1) is 15.9 Å². The van der Waals surface area contributed by atoms with E-state index in [2.05, 4.69) is 37.2 Å². The summed E-state index contributed by atoms with van der Waals surface area (Å²) in [6.45, 7) is 0. The highest BCUT2D eigenvalue weighted by Crippen LogP contribution is 2.31. The van der Waals surface area contributed by atoms with Gasteiger partial charge in [0.15, 0.2) is 0 Å². The van der Waals surface area contributed by atoms with E-state index in [0.717, 1.165) is 18.2 Å². The summed E-state index contributed by atoms with van der Waals surface area (Å²) < 4.78 is 14.4. The molecule has 0 saturated heterocycles. The number of anilines is 1. The van der Waals surface area contributed by atoms with Gasteiger partial charge in [-0.3, -0.25) is 14.9 Å². The number of amides is 1. The third-order valence-corrected chi connectivity index (χ3v) is 3.92. The van der Waals surface area contributed by atoms with Crippen molar-refractivity contribution in [3.05, 3.63) is 66.8 Å². The molecule has 108 valence electrons. The Bertz CT molecular complexity index is 717. The molecule has 0 aromatic heterocycles. The van der Waals surface area contributed by atoms with Gasteiger partial charge >= 0.3 is 0 Å². The highest BCUT2D eigenvalue weighted by Gasteiger charge is 2.22. The Hall–Kier alpha value is -1.80. The zero-order chi connectivity index (χ0) is 15.6. The molecule has 0 spiro atoms. The first kappa shape index (κ1) is 15.6. The number of carbonyl (C=O) groups is 1. The molecule has 2 aromatic rings. The predicted octanol–water partition coefficient (Wildman–Crippen LogP) is 4.51. The summed E-state index contributed by atoms with van der Waals surface area (Å²) in [5.74, 6) is -1.49. The molecule has 0 atom stereocenters. The molecule has 2 rings (SSSR count). The molecule has 0 aliphatic heterocycles. The number of carbonyl (C=O) groups excluding carboxylic acids is 1. The molecule has 0 saturated carbocycles. The van der Waals surface area contributed by atoms with Gasteiger partial charge < -0.3 is 5.32 Å². The largest absolute Gasteiger partial charge is 0.320 e. The van der Waals surface area contributed by atoms with Crippen LogP contribution >= 0.6 is 31.9 Å². The molecule has 5 nitrogen and oxygen atoms in total. The minimum absolute atomic E-state index is 0.345. The highest BCUT2D eigenvalue weighted by molar-refractivity contribution is 9.11. The first-order valence-corrected chi connectivity index (χ1v) is 7.18. The molecule has 8 heteroatoms.